The van der Waals surface area contributed by atoms with Crippen LogP contribution in [0.3, 0.4) is 0 Å². The summed E-state index contributed by atoms with van der Waals surface area (Å²) in [6, 6.07) is 0.341. The van der Waals surface area contributed by atoms with Crippen LogP contribution < -0.4 is 11.1 Å². The number of nitrogens with zero attached hydrogens (tertiary/aromatic N) is 1. The normalized spacial score (nSPS) is 34.5. The molecule has 0 radical (unpaired) electrons. The van der Waals surface area contributed by atoms with Crippen molar-refractivity contribution in [2.45, 2.75) is 25.3 Å². The van der Waals surface area contributed by atoms with Crippen LogP contribution in [0.5, 0.6) is 0 Å². The first kappa shape index (κ1) is 9.93. The first-order chi connectivity index (χ1) is 6.74. The SMILES string of the molecule is N[C@@H]1CCCN(CC2CNC(=O)C2)C1. The van der Waals surface area contributed by atoms with E-state index in [1.165, 1.54) is 6.42 Å². The molecule has 0 aliphatic carbocycles. The van der Waals surface area contributed by atoms with Crippen LogP contribution in [-0.2, 0) is 4.79 Å². The van der Waals surface area contributed by atoms with E-state index in [1.807, 2.05) is 0 Å². The minimum absolute atomic E-state index is 0.205. The Kier molecular flexibility index (Phi) is 3.03. The number of rotatable bonds is 2. The first-order valence-corrected chi connectivity index (χ1v) is 5.48. The zero-order valence-corrected chi connectivity index (χ0v) is 8.54. The molecule has 2 saturated heterocycles. The molecule has 2 atom stereocenters. The molecule has 0 spiro atoms. The summed E-state index contributed by atoms with van der Waals surface area (Å²) in [5, 5.41) is 2.87. The summed E-state index contributed by atoms with van der Waals surface area (Å²) in [7, 11) is 0. The van der Waals surface area contributed by atoms with E-state index in [-0.39, 0.29) is 5.91 Å². The highest BCUT2D eigenvalue weighted by Gasteiger charge is 2.25. The molecule has 2 heterocycles. The molecule has 2 fully saturated rings. The molecular formula is C10H19N3O. The van der Waals surface area contributed by atoms with Gasteiger partial charge in [0.15, 0.2) is 0 Å². The van der Waals surface area contributed by atoms with Crippen LogP contribution in [-0.4, -0.2) is 43.0 Å². The molecule has 0 aromatic heterocycles. The Hall–Kier alpha value is -0.610. The van der Waals surface area contributed by atoms with Gasteiger partial charge in [-0.3, -0.25) is 4.79 Å². The number of likely N-dealkylation sites (tertiary alicyclic amines) is 1. The maximum Gasteiger partial charge on any atom is 0.220 e. The lowest BCUT2D eigenvalue weighted by Crippen LogP contribution is -2.44. The number of amides is 1. The summed E-state index contributed by atoms with van der Waals surface area (Å²) in [4.78, 5) is 13.4. The van der Waals surface area contributed by atoms with E-state index in [9.17, 15) is 4.79 Å². The first-order valence-electron chi connectivity index (χ1n) is 5.48. The van der Waals surface area contributed by atoms with Crippen LogP contribution in [0, 0.1) is 5.92 Å². The molecule has 2 aliphatic rings. The number of carbonyl (C=O) groups is 1. The third-order valence-electron chi connectivity index (χ3n) is 3.12. The average Bonchev–Trinajstić information content (AvgIpc) is 2.51. The second kappa shape index (κ2) is 4.28. The highest BCUT2D eigenvalue weighted by atomic mass is 16.1. The van der Waals surface area contributed by atoms with Gasteiger partial charge in [-0.1, -0.05) is 0 Å². The summed E-state index contributed by atoms with van der Waals surface area (Å²) in [6.07, 6.45) is 3.05. The van der Waals surface area contributed by atoms with Crippen molar-refractivity contribution in [3.05, 3.63) is 0 Å². The van der Waals surface area contributed by atoms with E-state index in [1.54, 1.807) is 0 Å². The molecule has 1 unspecified atom stereocenters. The average molecular weight is 197 g/mol. The molecule has 2 rings (SSSR count). The molecular weight excluding hydrogens is 178 g/mol. The molecule has 80 valence electrons. The van der Waals surface area contributed by atoms with Gasteiger partial charge in [-0.25, -0.2) is 0 Å². The Balaban J connectivity index is 1.76. The van der Waals surface area contributed by atoms with Crippen LogP contribution >= 0.6 is 0 Å². The van der Waals surface area contributed by atoms with Crippen molar-refractivity contribution < 1.29 is 4.79 Å². The predicted octanol–water partition coefficient (Wildman–Crippen LogP) is -0.454. The Morgan fingerprint density at radius 3 is 3.07 bits per heavy atom. The van der Waals surface area contributed by atoms with E-state index in [2.05, 4.69) is 10.2 Å². The topological polar surface area (TPSA) is 58.4 Å². The standard InChI is InChI=1S/C10H19N3O/c11-9-2-1-3-13(7-9)6-8-4-10(14)12-5-8/h8-9H,1-7,11H2,(H,12,14)/t8?,9-/m1/s1. The maximum absolute atomic E-state index is 11.0. The highest BCUT2D eigenvalue weighted by Crippen LogP contribution is 2.14. The fourth-order valence-electron chi connectivity index (χ4n) is 2.42. The molecule has 0 aromatic carbocycles. The Labute approximate surface area is 84.8 Å². The zero-order chi connectivity index (χ0) is 9.97. The van der Waals surface area contributed by atoms with E-state index >= 15 is 0 Å². The molecule has 14 heavy (non-hydrogen) atoms. The number of hydrogen-bond acceptors (Lipinski definition) is 3. The van der Waals surface area contributed by atoms with E-state index in [0.717, 1.165) is 32.6 Å². The van der Waals surface area contributed by atoms with Crippen molar-refractivity contribution in [3.63, 3.8) is 0 Å². The fourth-order valence-corrected chi connectivity index (χ4v) is 2.42. The van der Waals surface area contributed by atoms with E-state index in [4.69, 9.17) is 5.73 Å². The van der Waals surface area contributed by atoms with Crippen molar-refractivity contribution in [2.24, 2.45) is 11.7 Å². The summed E-state index contributed by atoms with van der Waals surface area (Å²) in [5.41, 5.74) is 5.90. The minimum atomic E-state index is 0.205. The molecule has 3 N–H and O–H groups in total. The molecule has 4 heteroatoms. The van der Waals surface area contributed by atoms with Gasteiger partial charge in [0.25, 0.3) is 0 Å². The summed E-state index contributed by atoms with van der Waals surface area (Å²) in [6.45, 7) is 4.04. The van der Waals surface area contributed by atoms with Crippen LogP contribution in [0.25, 0.3) is 0 Å². The Morgan fingerprint density at radius 2 is 2.43 bits per heavy atom. The molecule has 0 saturated carbocycles. The lowest BCUT2D eigenvalue weighted by atomic mass is 10.0. The smallest absolute Gasteiger partial charge is 0.220 e. The van der Waals surface area contributed by atoms with E-state index in [0.29, 0.717) is 18.4 Å². The van der Waals surface area contributed by atoms with Crippen LogP contribution in [0.2, 0.25) is 0 Å². The second-order valence-corrected chi connectivity index (χ2v) is 4.54. The lowest BCUT2D eigenvalue weighted by molar-refractivity contribution is -0.119. The van der Waals surface area contributed by atoms with Gasteiger partial charge in [0.1, 0.15) is 0 Å². The molecule has 4 nitrogen and oxygen atoms in total. The van der Waals surface area contributed by atoms with Crippen LogP contribution in [0.4, 0.5) is 0 Å². The molecule has 0 aromatic rings. The Bertz CT molecular complexity index is 219. The number of hydrogen-bond donors (Lipinski definition) is 2. The second-order valence-electron chi connectivity index (χ2n) is 4.54. The number of carbonyl (C=O) groups excluding carboxylic acids is 1. The van der Waals surface area contributed by atoms with Gasteiger partial charge < -0.3 is 16.0 Å². The Morgan fingerprint density at radius 1 is 1.57 bits per heavy atom. The zero-order valence-electron chi connectivity index (χ0n) is 8.54. The summed E-state index contributed by atoms with van der Waals surface area (Å²) < 4.78 is 0. The third-order valence-corrected chi connectivity index (χ3v) is 3.12. The van der Waals surface area contributed by atoms with Gasteiger partial charge in [0, 0.05) is 32.1 Å². The highest BCUT2D eigenvalue weighted by molar-refractivity contribution is 5.78. The van der Waals surface area contributed by atoms with Crippen molar-refractivity contribution >= 4 is 5.91 Å². The monoisotopic (exact) mass is 197 g/mol. The number of nitrogens with one attached hydrogen (secondary N) is 1. The lowest BCUT2D eigenvalue weighted by Gasteiger charge is -2.32. The molecule has 0 bridgehead atoms. The number of piperidine rings is 1. The van der Waals surface area contributed by atoms with Gasteiger partial charge in [-0.05, 0) is 25.3 Å². The minimum Gasteiger partial charge on any atom is -0.356 e. The van der Waals surface area contributed by atoms with Crippen molar-refractivity contribution in [1.82, 2.24) is 10.2 Å². The fraction of sp³-hybridized carbons (Fsp3) is 0.900. The molecule has 1 amide bonds. The third kappa shape index (κ3) is 2.45. The largest absolute Gasteiger partial charge is 0.356 e. The van der Waals surface area contributed by atoms with Crippen molar-refractivity contribution in [3.8, 4) is 0 Å². The van der Waals surface area contributed by atoms with Gasteiger partial charge >= 0.3 is 0 Å². The van der Waals surface area contributed by atoms with Crippen molar-refractivity contribution in [2.75, 3.05) is 26.2 Å². The maximum atomic E-state index is 11.0. The number of nitrogens with two attached hydrogens (primary N) is 1. The van der Waals surface area contributed by atoms with Gasteiger partial charge in [0.05, 0.1) is 0 Å². The molecule has 2 aliphatic heterocycles. The van der Waals surface area contributed by atoms with E-state index < -0.39 is 0 Å². The van der Waals surface area contributed by atoms with Gasteiger partial charge in [-0.15, -0.1) is 0 Å². The quantitative estimate of drug-likeness (QED) is 0.630. The van der Waals surface area contributed by atoms with Gasteiger partial charge in [-0.2, -0.15) is 0 Å². The predicted molar refractivity (Wildman–Crippen MR) is 54.8 cm³/mol. The van der Waals surface area contributed by atoms with Crippen LogP contribution in [0.1, 0.15) is 19.3 Å². The van der Waals surface area contributed by atoms with Gasteiger partial charge in [0.2, 0.25) is 5.91 Å². The summed E-state index contributed by atoms with van der Waals surface area (Å²) in [5.74, 6) is 0.712. The van der Waals surface area contributed by atoms with Crippen LogP contribution in [0.15, 0.2) is 0 Å². The summed E-state index contributed by atoms with van der Waals surface area (Å²) >= 11 is 0. The van der Waals surface area contributed by atoms with Crippen molar-refractivity contribution in [1.29, 1.82) is 0 Å².